The summed E-state index contributed by atoms with van der Waals surface area (Å²) in [5, 5.41) is 22.6. The van der Waals surface area contributed by atoms with Crippen LogP contribution in [0.15, 0.2) is 37.2 Å². The number of halogens is 2. The lowest BCUT2D eigenvalue weighted by atomic mass is 9.90. The minimum Gasteiger partial charge on any atom is -0.382 e. The standard InChI is InChI=1S/C16H19F2N7OS/c1-11(27-22-6-15-23-20-10-24(15)2)16(26,7-25-9-19-8-21-25)13-4-3-12(17)5-14(13)18/h3-5,8-11,22,26H,6-7H2,1-2H3/t11-,16-/m1/s1. The SMILES string of the molecule is C[C@@H](SNCc1nncn1C)[C@](O)(Cn1cncn1)c1ccc(F)cc1F. The summed E-state index contributed by atoms with van der Waals surface area (Å²) in [4.78, 5) is 3.85. The van der Waals surface area contributed by atoms with Gasteiger partial charge < -0.3 is 9.67 Å². The minimum absolute atomic E-state index is 0.0140. The van der Waals surface area contributed by atoms with E-state index in [0.29, 0.717) is 12.4 Å². The Morgan fingerprint density at radius 3 is 2.78 bits per heavy atom. The van der Waals surface area contributed by atoms with Gasteiger partial charge in [-0.25, -0.2) is 18.4 Å². The molecule has 0 radical (unpaired) electrons. The molecule has 1 aromatic carbocycles. The maximum Gasteiger partial charge on any atom is 0.147 e. The number of aromatic nitrogens is 6. The largest absolute Gasteiger partial charge is 0.382 e. The average molecular weight is 395 g/mol. The van der Waals surface area contributed by atoms with Crippen molar-refractivity contribution in [1.82, 2.24) is 34.3 Å². The molecule has 0 saturated heterocycles. The van der Waals surface area contributed by atoms with E-state index in [0.717, 1.165) is 12.1 Å². The fourth-order valence-corrected chi connectivity index (χ4v) is 3.49. The number of hydrogen-bond donors (Lipinski definition) is 2. The summed E-state index contributed by atoms with van der Waals surface area (Å²) in [6.45, 7) is 2.10. The highest BCUT2D eigenvalue weighted by molar-refractivity contribution is 7.98. The first-order valence-corrected chi connectivity index (χ1v) is 9.00. The van der Waals surface area contributed by atoms with Gasteiger partial charge in [0.1, 0.15) is 42.0 Å². The van der Waals surface area contributed by atoms with Crippen molar-refractivity contribution < 1.29 is 13.9 Å². The number of nitrogens with zero attached hydrogens (tertiary/aromatic N) is 6. The summed E-state index contributed by atoms with van der Waals surface area (Å²) >= 11 is 1.22. The molecule has 0 fully saturated rings. The molecule has 3 rings (SSSR count). The molecular weight excluding hydrogens is 376 g/mol. The Morgan fingerprint density at radius 1 is 1.33 bits per heavy atom. The van der Waals surface area contributed by atoms with Crippen LogP contribution >= 0.6 is 11.9 Å². The molecule has 8 nitrogen and oxygen atoms in total. The third-order valence-corrected chi connectivity index (χ3v) is 5.29. The van der Waals surface area contributed by atoms with E-state index in [9.17, 15) is 13.9 Å². The highest BCUT2D eigenvalue weighted by Gasteiger charge is 2.39. The Labute approximate surface area is 158 Å². The van der Waals surface area contributed by atoms with Gasteiger partial charge in [0, 0.05) is 18.7 Å². The average Bonchev–Trinajstić information content (AvgIpc) is 3.26. The van der Waals surface area contributed by atoms with Gasteiger partial charge in [0.25, 0.3) is 0 Å². The topological polar surface area (TPSA) is 93.7 Å². The summed E-state index contributed by atoms with van der Waals surface area (Å²) < 4.78 is 34.0. The van der Waals surface area contributed by atoms with Gasteiger partial charge in [-0.05, 0) is 13.0 Å². The first-order valence-electron chi connectivity index (χ1n) is 8.12. The molecule has 0 spiro atoms. The van der Waals surface area contributed by atoms with E-state index in [1.165, 1.54) is 35.4 Å². The molecule has 2 aromatic heterocycles. The fraction of sp³-hybridized carbons (Fsp3) is 0.375. The molecule has 2 heterocycles. The zero-order chi connectivity index (χ0) is 19.4. The third-order valence-electron chi connectivity index (χ3n) is 4.24. The van der Waals surface area contributed by atoms with Crippen LogP contribution in [0.4, 0.5) is 8.78 Å². The smallest absolute Gasteiger partial charge is 0.147 e. The summed E-state index contributed by atoms with van der Waals surface area (Å²) in [6, 6.07) is 3.13. The molecule has 3 aromatic rings. The maximum absolute atomic E-state index is 14.4. The van der Waals surface area contributed by atoms with Crippen LogP contribution in [-0.2, 0) is 25.7 Å². The van der Waals surface area contributed by atoms with Gasteiger partial charge in [0.15, 0.2) is 0 Å². The van der Waals surface area contributed by atoms with Crippen molar-refractivity contribution in [3.05, 3.63) is 60.2 Å². The van der Waals surface area contributed by atoms with Crippen LogP contribution < -0.4 is 4.72 Å². The van der Waals surface area contributed by atoms with Crippen molar-refractivity contribution >= 4 is 11.9 Å². The number of nitrogens with one attached hydrogen (secondary N) is 1. The van der Waals surface area contributed by atoms with E-state index in [-0.39, 0.29) is 12.1 Å². The van der Waals surface area contributed by atoms with Crippen LogP contribution in [0, 0.1) is 11.6 Å². The number of aliphatic hydroxyl groups is 1. The molecular formula is C16H19F2N7OS. The van der Waals surface area contributed by atoms with E-state index in [2.05, 4.69) is 25.0 Å². The zero-order valence-corrected chi connectivity index (χ0v) is 15.6. The fourth-order valence-electron chi connectivity index (χ4n) is 2.63. The molecule has 0 saturated carbocycles. The highest BCUT2D eigenvalue weighted by atomic mass is 32.2. The first-order chi connectivity index (χ1) is 12.9. The maximum atomic E-state index is 14.4. The van der Waals surface area contributed by atoms with Crippen LogP contribution in [0.3, 0.4) is 0 Å². The molecule has 144 valence electrons. The zero-order valence-electron chi connectivity index (χ0n) is 14.8. The molecule has 0 amide bonds. The van der Waals surface area contributed by atoms with Crippen LogP contribution in [-0.4, -0.2) is 39.9 Å². The second-order valence-electron chi connectivity index (χ2n) is 6.08. The molecule has 0 aliphatic rings. The Morgan fingerprint density at radius 2 is 2.15 bits per heavy atom. The number of benzene rings is 1. The molecule has 2 atom stereocenters. The Kier molecular flexibility index (Phi) is 5.82. The summed E-state index contributed by atoms with van der Waals surface area (Å²) in [6.07, 6.45) is 4.34. The quantitative estimate of drug-likeness (QED) is 0.557. The lowest BCUT2D eigenvalue weighted by molar-refractivity contribution is 0.0131. The normalized spacial score (nSPS) is 14.9. The monoisotopic (exact) mass is 395 g/mol. The Hall–Kier alpha value is -2.37. The summed E-state index contributed by atoms with van der Waals surface area (Å²) in [5.41, 5.74) is -1.68. The minimum atomic E-state index is -1.66. The Bertz CT molecular complexity index is 889. The lowest BCUT2D eigenvalue weighted by Crippen LogP contribution is -2.42. The van der Waals surface area contributed by atoms with E-state index < -0.39 is 22.5 Å². The van der Waals surface area contributed by atoms with Crippen molar-refractivity contribution in [3.63, 3.8) is 0 Å². The molecule has 27 heavy (non-hydrogen) atoms. The molecule has 2 N–H and O–H groups in total. The van der Waals surface area contributed by atoms with E-state index >= 15 is 0 Å². The summed E-state index contributed by atoms with van der Waals surface area (Å²) in [5.74, 6) is -0.819. The van der Waals surface area contributed by atoms with Crippen molar-refractivity contribution in [2.45, 2.75) is 30.9 Å². The van der Waals surface area contributed by atoms with Crippen LogP contribution in [0.5, 0.6) is 0 Å². The van der Waals surface area contributed by atoms with Crippen molar-refractivity contribution in [2.24, 2.45) is 7.05 Å². The molecule has 0 aliphatic carbocycles. The van der Waals surface area contributed by atoms with Gasteiger partial charge >= 0.3 is 0 Å². The summed E-state index contributed by atoms with van der Waals surface area (Å²) in [7, 11) is 1.82. The molecule has 0 unspecified atom stereocenters. The van der Waals surface area contributed by atoms with E-state index in [4.69, 9.17) is 0 Å². The first kappa shape index (κ1) is 19.4. The number of aryl methyl sites for hydroxylation is 1. The van der Waals surface area contributed by atoms with Crippen LogP contribution in [0.25, 0.3) is 0 Å². The van der Waals surface area contributed by atoms with Gasteiger partial charge in [-0.15, -0.1) is 10.2 Å². The van der Waals surface area contributed by atoms with Gasteiger partial charge in [-0.3, -0.25) is 4.72 Å². The molecule has 0 aliphatic heterocycles. The van der Waals surface area contributed by atoms with Crippen molar-refractivity contribution in [2.75, 3.05) is 0 Å². The molecule has 11 heteroatoms. The van der Waals surface area contributed by atoms with E-state index in [1.54, 1.807) is 17.8 Å². The second-order valence-corrected chi connectivity index (χ2v) is 7.31. The highest BCUT2D eigenvalue weighted by Crippen LogP contribution is 2.35. The van der Waals surface area contributed by atoms with Gasteiger partial charge in [-0.1, -0.05) is 18.0 Å². The van der Waals surface area contributed by atoms with Crippen LogP contribution in [0.1, 0.15) is 18.3 Å². The van der Waals surface area contributed by atoms with Gasteiger partial charge in [0.2, 0.25) is 0 Å². The second kappa shape index (κ2) is 8.11. The van der Waals surface area contributed by atoms with Gasteiger partial charge in [0.05, 0.1) is 18.3 Å². The third kappa shape index (κ3) is 4.31. The van der Waals surface area contributed by atoms with Gasteiger partial charge in [-0.2, -0.15) is 5.10 Å². The Balaban J connectivity index is 1.81. The number of rotatable bonds is 8. The van der Waals surface area contributed by atoms with E-state index in [1.807, 2.05) is 7.05 Å². The van der Waals surface area contributed by atoms with Crippen LogP contribution in [0.2, 0.25) is 0 Å². The predicted octanol–water partition coefficient (Wildman–Crippen LogP) is 1.40. The predicted molar refractivity (Wildman–Crippen MR) is 95.2 cm³/mol. The van der Waals surface area contributed by atoms with Crippen molar-refractivity contribution in [1.29, 1.82) is 0 Å². The number of hydrogen-bond acceptors (Lipinski definition) is 7. The van der Waals surface area contributed by atoms with Crippen molar-refractivity contribution in [3.8, 4) is 0 Å². The molecule has 0 bridgehead atoms. The lowest BCUT2D eigenvalue weighted by Gasteiger charge is -2.34.